The zero-order valence-corrected chi connectivity index (χ0v) is 16.5. The molecule has 0 aliphatic heterocycles. The van der Waals surface area contributed by atoms with Gasteiger partial charge in [-0.3, -0.25) is 14.2 Å². The van der Waals surface area contributed by atoms with E-state index in [9.17, 15) is 4.79 Å². The highest BCUT2D eigenvalue weighted by molar-refractivity contribution is 5.75. The molecule has 3 heterocycles. The summed E-state index contributed by atoms with van der Waals surface area (Å²) < 4.78 is 3.39. The van der Waals surface area contributed by atoms with Crippen LogP contribution in [0, 0.1) is 0 Å². The molecule has 8 heteroatoms. The lowest BCUT2D eigenvalue weighted by Crippen LogP contribution is -2.26. The first-order valence-corrected chi connectivity index (χ1v) is 9.14. The van der Waals surface area contributed by atoms with Gasteiger partial charge < -0.3 is 4.90 Å². The number of amides is 1. The molecule has 1 amide bonds. The number of carbonyl (C=O) groups is 1. The number of hydrogen-bond donors (Lipinski definition) is 0. The molecule has 4 rings (SSSR count). The van der Waals surface area contributed by atoms with Crippen LogP contribution in [0.3, 0.4) is 0 Å². The zero-order valence-electron chi connectivity index (χ0n) is 16.5. The molecular formula is C21H21N7O. The summed E-state index contributed by atoms with van der Waals surface area (Å²) in [7, 11) is 5.35. The topological polar surface area (TPSA) is 81.7 Å². The number of nitrogens with zero attached hydrogens (tertiary/aromatic N) is 7. The summed E-state index contributed by atoms with van der Waals surface area (Å²) in [5.41, 5.74) is 4.76. The molecule has 0 saturated heterocycles. The first kappa shape index (κ1) is 18.5. The molecule has 0 aliphatic rings. The Morgan fingerprint density at radius 1 is 0.897 bits per heavy atom. The Bertz CT molecular complexity index is 1140. The van der Waals surface area contributed by atoms with E-state index in [-0.39, 0.29) is 12.5 Å². The molecule has 0 spiro atoms. The van der Waals surface area contributed by atoms with E-state index in [1.807, 2.05) is 43.8 Å². The number of hydrogen-bond acceptors (Lipinski definition) is 5. The Hall–Kier alpha value is -3.81. The van der Waals surface area contributed by atoms with Crippen molar-refractivity contribution in [2.75, 3.05) is 14.1 Å². The Kier molecular flexibility index (Phi) is 4.90. The van der Waals surface area contributed by atoms with E-state index in [4.69, 9.17) is 0 Å². The molecule has 1 aromatic carbocycles. The highest BCUT2D eigenvalue weighted by Crippen LogP contribution is 2.25. The van der Waals surface area contributed by atoms with E-state index in [2.05, 4.69) is 26.2 Å². The van der Waals surface area contributed by atoms with Crippen molar-refractivity contribution in [2.24, 2.45) is 7.05 Å². The summed E-state index contributed by atoms with van der Waals surface area (Å²) in [5.74, 6) is 0.634. The normalized spacial score (nSPS) is 10.9. The van der Waals surface area contributed by atoms with Crippen molar-refractivity contribution >= 4 is 5.91 Å². The molecule has 0 unspecified atom stereocenters. The minimum Gasteiger partial charge on any atom is -0.347 e. The van der Waals surface area contributed by atoms with Crippen molar-refractivity contribution in [3.63, 3.8) is 0 Å². The van der Waals surface area contributed by atoms with Crippen molar-refractivity contribution in [1.82, 2.24) is 34.4 Å². The van der Waals surface area contributed by atoms with Crippen LogP contribution in [0.5, 0.6) is 0 Å². The largest absolute Gasteiger partial charge is 0.347 e. The number of rotatable bonds is 5. The van der Waals surface area contributed by atoms with Crippen LogP contribution in [0.4, 0.5) is 0 Å². The monoisotopic (exact) mass is 387 g/mol. The Morgan fingerprint density at radius 2 is 1.59 bits per heavy atom. The maximum atomic E-state index is 11.8. The average molecular weight is 387 g/mol. The lowest BCUT2D eigenvalue weighted by Gasteiger charge is -2.09. The van der Waals surface area contributed by atoms with E-state index in [1.165, 1.54) is 0 Å². The van der Waals surface area contributed by atoms with Crippen LogP contribution in [0.25, 0.3) is 33.6 Å². The van der Waals surface area contributed by atoms with E-state index >= 15 is 0 Å². The van der Waals surface area contributed by atoms with Crippen LogP contribution in [-0.2, 0) is 18.4 Å². The van der Waals surface area contributed by atoms with Gasteiger partial charge in [-0.15, -0.1) is 0 Å². The molecule has 0 bridgehead atoms. The molecule has 0 aliphatic carbocycles. The van der Waals surface area contributed by atoms with Crippen molar-refractivity contribution < 1.29 is 4.79 Å². The van der Waals surface area contributed by atoms with Gasteiger partial charge in [0.1, 0.15) is 6.54 Å². The van der Waals surface area contributed by atoms with Crippen LogP contribution in [-0.4, -0.2) is 54.4 Å². The maximum absolute atomic E-state index is 11.8. The molecule has 0 fully saturated rings. The predicted octanol–water partition coefficient (Wildman–Crippen LogP) is 2.50. The predicted molar refractivity (Wildman–Crippen MR) is 110 cm³/mol. The first-order chi connectivity index (χ1) is 14.0. The van der Waals surface area contributed by atoms with Crippen LogP contribution >= 0.6 is 0 Å². The molecule has 146 valence electrons. The van der Waals surface area contributed by atoms with Gasteiger partial charge in [0.2, 0.25) is 5.91 Å². The second-order valence-corrected chi connectivity index (χ2v) is 6.99. The highest BCUT2D eigenvalue weighted by atomic mass is 16.2. The Balaban J connectivity index is 1.54. The fourth-order valence-corrected chi connectivity index (χ4v) is 2.91. The summed E-state index contributed by atoms with van der Waals surface area (Å²) in [6.45, 7) is 0.201. The summed E-state index contributed by atoms with van der Waals surface area (Å²) >= 11 is 0. The van der Waals surface area contributed by atoms with Gasteiger partial charge in [0.15, 0.2) is 5.82 Å². The fraction of sp³-hybridized carbons (Fsp3) is 0.190. The quantitative estimate of drug-likeness (QED) is 0.525. The lowest BCUT2D eigenvalue weighted by molar-refractivity contribution is -0.129. The van der Waals surface area contributed by atoms with Gasteiger partial charge in [-0.2, -0.15) is 10.2 Å². The standard InChI is InChI=1S/C21H21N7O/c1-26(2)20(29)14-28-13-19(11-25-28)17-8-22-21(23-9-17)16-6-4-5-15(7-16)18-10-24-27(3)12-18/h4-13H,14H2,1-3H3. The van der Waals surface area contributed by atoms with Crippen molar-refractivity contribution in [3.8, 4) is 33.6 Å². The third-order valence-corrected chi connectivity index (χ3v) is 4.57. The van der Waals surface area contributed by atoms with Crippen LogP contribution in [0.2, 0.25) is 0 Å². The molecular weight excluding hydrogens is 366 g/mol. The second-order valence-electron chi connectivity index (χ2n) is 6.99. The highest BCUT2D eigenvalue weighted by Gasteiger charge is 2.10. The van der Waals surface area contributed by atoms with E-state index < -0.39 is 0 Å². The molecule has 0 N–H and O–H groups in total. The maximum Gasteiger partial charge on any atom is 0.243 e. The molecule has 0 atom stereocenters. The van der Waals surface area contributed by atoms with Gasteiger partial charge in [-0.05, 0) is 11.6 Å². The van der Waals surface area contributed by atoms with E-state index in [0.29, 0.717) is 5.82 Å². The Morgan fingerprint density at radius 3 is 2.28 bits per heavy atom. The summed E-state index contributed by atoms with van der Waals surface area (Å²) in [6, 6.07) is 8.07. The van der Waals surface area contributed by atoms with Crippen molar-refractivity contribution in [2.45, 2.75) is 6.54 Å². The summed E-state index contributed by atoms with van der Waals surface area (Å²) in [6.07, 6.45) is 10.9. The molecule has 29 heavy (non-hydrogen) atoms. The molecule has 4 aromatic rings. The molecule has 8 nitrogen and oxygen atoms in total. The first-order valence-electron chi connectivity index (χ1n) is 9.14. The van der Waals surface area contributed by atoms with Crippen LogP contribution < -0.4 is 0 Å². The van der Waals surface area contributed by atoms with Gasteiger partial charge in [0.25, 0.3) is 0 Å². The summed E-state index contributed by atoms with van der Waals surface area (Å²) in [5, 5.41) is 8.47. The SMILES string of the molecule is CN(C)C(=O)Cn1cc(-c2cnc(-c3cccc(-c4cnn(C)c4)c3)nc2)cn1. The van der Waals surface area contributed by atoms with E-state index in [0.717, 1.165) is 27.8 Å². The van der Waals surface area contributed by atoms with Gasteiger partial charge >= 0.3 is 0 Å². The number of aryl methyl sites for hydroxylation is 1. The smallest absolute Gasteiger partial charge is 0.243 e. The number of benzene rings is 1. The molecule has 0 radical (unpaired) electrons. The van der Waals surface area contributed by atoms with Crippen LogP contribution in [0.15, 0.2) is 61.4 Å². The minimum atomic E-state index is -0.0141. The van der Waals surface area contributed by atoms with Gasteiger partial charge in [-0.25, -0.2) is 9.97 Å². The van der Waals surface area contributed by atoms with Crippen LogP contribution in [0.1, 0.15) is 0 Å². The van der Waals surface area contributed by atoms with Crippen molar-refractivity contribution in [3.05, 3.63) is 61.4 Å². The van der Waals surface area contributed by atoms with Gasteiger partial charge in [-0.1, -0.05) is 18.2 Å². The third kappa shape index (κ3) is 4.06. The Labute approximate surface area is 168 Å². The zero-order chi connectivity index (χ0) is 20.4. The number of likely N-dealkylation sites (N-methyl/N-ethyl adjacent to an activating group) is 1. The van der Waals surface area contributed by atoms with E-state index in [1.54, 1.807) is 46.9 Å². The average Bonchev–Trinajstić information content (AvgIpc) is 3.37. The van der Waals surface area contributed by atoms with Gasteiger partial charge in [0, 0.05) is 68.2 Å². The number of aromatic nitrogens is 6. The van der Waals surface area contributed by atoms with Crippen molar-refractivity contribution in [1.29, 1.82) is 0 Å². The molecule has 3 aromatic heterocycles. The third-order valence-electron chi connectivity index (χ3n) is 4.57. The van der Waals surface area contributed by atoms with Gasteiger partial charge in [0.05, 0.1) is 12.4 Å². The summed E-state index contributed by atoms with van der Waals surface area (Å²) in [4.78, 5) is 22.4. The lowest BCUT2D eigenvalue weighted by atomic mass is 10.1. The molecule has 0 saturated carbocycles. The second kappa shape index (κ2) is 7.67. The fourth-order valence-electron chi connectivity index (χ4n) is 2.91. The number of carbonyl (C=O) groups excluding carboxylic acids is 1. The minimum absolute atomic E-state index is 0.0141.